The van der Waals surface area contributed by atoms with Crippen LogP contribution in [0.2, 0.25) is 0 Å². The van der Waals surface area contributed by atoms with Crippen LogP contribution in [0.25, 0.3) is 0 Å². The summed E-state index contributed by atoms with van der Waals surface area (Å²) in [7, 11) is 0. The fourth-order valence-corrected chi connectivity index (χ4v) is 3.15. The van der Waals surface area contributed by atoms with Crippen molar-refractivity contribution in [1.29, 1.82) is 0 Å². The lowest BCUT2D eigenvalue weighted by molar-refractivity contribution is -0.122. The number of phenolic OH excluding ortho intramolecular Hbond substituents is 1. The molecular formula is C23H32FN3O3. The number of carbonyl (C=O) groups excluding carboxylic acids is 1. The third kappa shape index (κ3) is 6.90. The monoisotopic (exact) mass is 417 g/mol. The van der Waals surface area contributed by atoms with Gasteiger partial charge in [0, 0.05) is 25.7 Å². The fraction of sp³-hybridized carbons (Fsp3) is 0.478. The first-order valence-corrected chi connectivity index (χ1v) is 10.5. The van der Waals surface area contributed by atoms with Crippen LogP contribution in [0.3, 0.4) is 0 Å². The Hall–Kier alpha value is -2.83. The van der Waals surface area contributed by atoms with Crippen LogP contribution in [0.1, 0.15) is 52.0 Å². The molecule has 1 unspecified atom stereocenters. The molecule has 3 rings (SSSR count). The minimum atomic E-state index is -0.292. The van der Waals surface area contributed by atoms with Gasteiger partial charge in [-0.15, -0.1) is 0 Å². The third-order valence-electron chi connectivity index (χ3n) is 4.71. The molecule has 2 aromatic rings. The van der Waals surface area contributed by atoms with Crippen LogP contribution in [-0.2, 0) is 4.79 Å². The van der Waals surface area contributed by atoms with E-state index in [1.54, 1.807) is 30.5 Å². The molecule has 1 aromatic carbocycles. The van der Waals surface area contributed by atoms with Crippen molar-refractivity contribution in [3.8, 4) is 11.5 Å². The predicted molar refractivity (Wildman–Crippen MR) is 117 cm³/mol. The number of phenols is 1. The first-order valence-electron chi connectivity index (χ1n) is 10.5. The van der Waals surface area contributed by atoms with Gasteiger partial charge in [0.1, 0.15) is 11.5 Å². The SMILES string of the molecule is CC(C)Oc1cnc(N2CCCC2)c(F)c1.CCNC(=O)C(C)c1ccc(O)cc1. The third-order valence-corrected chi connectivity index (χ3v) is 4.71. The van der Waals surface area contributed by atoms with E-state index in [0.717, 1.165) is 31.5 Å². The highest BCUT2D eigenvalue weighted by molar-refractivity contribution is 5.83. The number of benzene rings is 1. The average molecular weight is 418 g/mol. The molecule has 0 spiro atoms. The first-order chi connectivity index (χ1) is 14.3. The lowest BCUT2D eigenvalue weighted by Crippen LogP contribution is -2.27. The Kier molecular flexibility index (Phi) is 8.89. The topological polar surface area (TPSA) is 74.7 Å². The standard InChI is InChI=1S/C12H17FN2O.C11H15NO2/c1-9(2)16-10-7-11(13)12(14-8-10)15-5-3-4-6-15;1-3-12-11(14)8(2)9-4-6-10(13)7-5-9/h7-9H,3-6H2,1-2H3;4-8,13H,3H2,1-2H3,(H,12,14). The number of rotatable bonds is 6. The highest BCUT2D eigenvalue weighted by atomic mass is 19.1. The summed E-state index contributed by atoms with van der Waals surface area (Å²) in [5.74, 6) is 0.717. The number of aromatic nitrogens is 1. The zero-order valence-corrected chi connectivity index (χ0v) is 18.2. The number of halogens is 1. The van der Waals surface area contributed by atoms with E-state index in [9.17, 15) is 9.18 Å². The fourth-order valence-electron chi connectivity index (χ4n) is 3.15. The average Bonchev–Trinajstić information content (AvgIpc) is 3.23. The highest BCUT2D eigenvalue weighted by Crippen LogP contribution is 2.24. The summed E-state index contributed by atoms with van der Waals surface area (Å²) in [6.45, 7) is 9.99. The Morgan fingerprint density at radius 2 is 1.87 bits per heavy atom. The van der Waals surface area contributed by atoms with Crippen molar-refractivity contribution >= 4 is 11.7 Å². The number of hydrogen-bond donors (Lipinski definition) is 2. The van der Waals surface area contributed by atoms with E-state index in [4.69, 9.17) is 9.84 Å². The zero-order chi connectivity index (χ0) is 22.1. The smallest absolute Gasteiger partial charge is 0.227 e. The van der Waals surface area contributed by atoms with Gasteiger partial charge in [0.2, 0.25) is 5.91 Å². The van der Waals surface area contributed by atoms with Gasteiger partial charge in [-0.2, -0.15) is 0 Å². The van der Waals surface area contributed by atoms with E-state index >= 15 is 0 Å². The number of anilines is 1. The minimum Gasteiger partial charge on any atom is -0.508 e. The van der Waals surface area contributed by atoms with Gasteiger partial charge in [-0.1, -0.05) is 12.1 Å². The van der Waals surface area contributed by atoms with Gasteiger partial charge >= 0.3 is 0 Å². The van der Waals surface area contributed by atoms with Crippen LogP contribution in [0.5, 0.6) is 11.5 Å². The summed E-state index contributed by atoms with van der Waals surface area (Å²) in [5, 5.41) is 11.8. The van der Waals surface area contributed by atoms with Crippen molar-refractivity contribution in [2.45, 2.75) is 52.6 Å². The van der Waals surface area contributed by atoms with Crippen molar-refractivity contribution in [1.82, 2.24) is 10.3 Å². The molecule has 7 heteroatoms. The van der Waals surface area contributed by atoms with Crippen LogP contribution < -0.4 is 15.0 Å². The van der Waals surface area contributed by atoms with E-state index in [0.29, 0.717) is 18.1 Å². The molecular weight excluding hydrogens is 385 g/mol. The van der Waals surface area contributed by atoms with Gasteiger partial charge in [-0.25, -0.2) is 9.37 Å². The number of nitrogens with zero attached hydrogens (tertiary/aromatic N) is 2. The van der Waals surface area contributed by atoms with E-state index in [1.165, 1.54) is 6.07 Å². The van der Waals surface area contributed by atoms with Crippen LogP contribution in [0.4, 0.5) is 10.2 Å². The number of hydrogen-bond acceptors (Lipinski definition) is 5. The molecule has 1 aliphatic heterocycles. The maximum Gasteiger partial charge on any atom is 0.227 e. The number of nitrogens with one attached hydrogen (secondary N) is 1. The Bertz CT molecular complexity index is 806. The Morgan fingerprint density at radius 3 is 2.40 bits per heavy atom. The second-order valence-electron chi connectivity index (χ2n) is 7.55. The molecule has 6 nitrogen and oxygen atoms in total. The molecule has 1 amide bonds. The van der Waals surface area contributed by atoms with Crippen molar-refractivity contribution in [3.05, 3.63) is 47.9 Å². The lowest BCUT2D eigenvalue weighted by atomic mass is 10.0. The second-order valence-corrected chi connectivity index (χ2v) is 7.55. The Morgan fingerprint density at radius 1 is 1.23 bits per heavy atom. The summed E-state index contributed by atoms with van der Waals surface area (Å²) in [4.78, 5) is 17.6. The molecule has 1 aliphatic rings. The molecule has 1 fully saturated rings. The highest BCUT2D eigenvalue weighted by Gasteiger charge is 2.18. The summed E-state index contributed by atoms with van der Waals surface area (Å²) < 4.78 is 19.2. The van der Waals surface area contributed by atoms with Gasteiger partial charge in [0.05, 0.1) is 18.2 Å². The Labute approximate surface area is 178 Å². The maximum atomic E-state index is 13.8. The zero-order valence-electron chi connectivity index (χ0n) is 18.2. The number of likely N-dealkylation sites (N-methyl/N-ethyl adjacent to an activating group) is 1. The molecule has 2 heterocycles. The van der Waals surface area contributed by atoms with E-state index in [2.05, 4.69) is 10.3 Å². The number of amides is 1. The van der Waals surface area contributed by atoms with Crippen LogP contribution in [0.15, 0.2) is 36.5 Å². The molecule has 1 aromatic heterocycles. The molecule has 0 radical (unpaired) electrons. The quantitative estimate of drug-likeness (QED) is 0.735. The van der Waals surface area contributed by atoms with E-state index in [-0.39, 0.29) is 29.5 Å². The molecule has 1 saturated heterocycles. The molecule has 0 saturated carbocycles. The van der Waals surface area contributed by atoms with Crippen molar-refractivity contribution in [2.75, 3.05) is 24.5 Å². The van der Waals surface area contributed by atoms with Gasteiger partial charge < -0.3 is 20.1 Å². The first kappa shape index (κ1) is 23.4. The molecule has 1 atom stereocenters. The van der Waals surface area contributed by atoms with Crippen LogP contribution >= 0.6 is 0 Å². The maximum absolute atomic E-state index is 13.8. The number of ether oxygens (including phenoxy) is 1. The largest absolute Gasteiger partial charge is 0.508 e. The summed E-state index contributed by atoms with van der Waals surface area (Å²) in [6, 6.07) is 8.11. The molecule has 0 bridgehead atoms. The Balaban J connectivity index is 0.000000216. The molecule has 30 heavy (non-hydrogen) atoms. The van der Waals surface area contributed by atoms with Gasteiger partial charge in [0.25, 0.3) is 0 Å². The van der Waals surface area contributed by atoms with Gasteiger partial charge in [-0.3, -0.25) is 4.79 Å². The minimum absolute atomic E-state index is 0.0122. The summed E-state index contributed by atoms with van der Waals surface area (Å²) in [6.07, 6.45) is 3.87. The van der Waals surface area contributed by atoms with Crippen molar-refractivity contribution in [3.63, 3.8) is 0 Å². The van der Waals surface area contributed by atoms with Gasteiger partial charge in [0.15, 0.2) is 11.6 Å². The summed E-state index contributed by atoms with van der Waals surface area (Å²) >= 11 is 0. The van der Waals surface area contributed by atoms with Crippen LogP contribution in [0, 0.1) is 5.82 Å². The molecule has 164 valence electrons. The second kappa shape index (κ2) is 11.4. The lowest BCUT2D eigenvalue weighted by Gasteiger charge is -2.17. The predicted octanol–water partition coefficient (Wildman–Crippen LogP) is 4.24. The van der Waals surface area contributed by atoms with Gasteiger partial charge in [-0.05, 0) is 58.2 Å². The number of aromatic hydroxyl groups is 1. The summed E-state index contributed by atoms with van der Waals surface area (Å²) in [5.41, 5.74) is 0.911. The number of carbonyl (C=O) groups is 1. The molecule has 0 aliphatic carbocycles. The van der Waals surface area contributed by atoms with Crippen molar-refractivity contribution < 1.29 is 19.0 Å². The molecule has 2 N–H and O–H groups in total. The van der Waals surface area contributed by atoms with E-state index in [1.807, 2.05) is 32.6 Å². The number of pyridine rings is 1. The van der Waals surface area contributed by atoms with Crippen LogP contribution in [-0.4, -0.2) is 41.7 Å². The normalized spacial score (nSPS) is 14.1. The van der Waals surface area contributed by atoms with Crippen molar-refractivity contribution in [2.24, 2.45) is 0 Å². The van der Waals surface area contributed by atoms with E-state index < -0.39 is 0 Å².